The number of aryl methyl sites for hydroxylation is 1. The van der Waals surface area contributed by atoms with Gasteiger partial charge in [0.2, 0.25) is 0 Å². The Labute approximate surface area is 92.9 Å². The molecule has 0 spiro atoms. The summed E-state index contributed by atoms with van der Waals surface area (Å²) >= 11 is 0. The largest absolute Gasteiger partial charge is 0.368 e. The van der Waals surface area contributed by atoms with Crippen LogP contribution in [0.1, 0.15) is 18.4 Å². The lowest BCUT2D eigenvalue weighted by molar-refractivity contribution is -0.119. The molecule has 0 aromatic heterocycles. The Morgan fingerprint density at radius 2 is 1.75 bits per heavy atom. The van der Waals surface area contributed by atoms with Crippen LogP contribution in [0.4, 0.5) is 14.5 Å². The maximum absolute atomic E-state index is 13.6. The summed E-state index contributed by atoms with van der Waals surface area (Å²) in [5.74, 6) is -0.647. The highest BCUT2D eigenvalue weighted by Gasteiger charge is 2.20. The molecule has 1 aromatic rings. The van der Waals surface area contributed by atoms with Crippen LogP contribution in [0.2, 0.25) is 0 Å². The van der Waals surface area contributed by atoms with Gasteiger partial charge in [0, 0.05) is 32.0 Å². The Morgan fingerprint density at radius 3 is 2.38 bits per heavy atom. The number of anilines is 1. The molecule has 0 bridgehead atoms. The number of Topliss-reactive ketones (excluding diaryl/α,β-unsaturated/α-hetero) is 1. The van der Waals surface area contributed by atoms with Gasteiger partial charge in [-0.2, -0.15) is 0 Å². The SMILES string of the molecule is Cc1cc(F)c(N2CCC(=O)CC2)cc1F. The summed E-state index contributed by atoms with van der Waals surface area (Å²) in [4.78, 5) is 12.8. The van der Waals surface area contributed by atoms with E-state index >= 15 is 0 Å². The summed E-state index contributed by atoms with van der Waals surface area (Å²) in [6.07, 6.45) is 0.823. The van der Waals surface area contributed by atoms with Crippen molar-refractivity contribution in [2.75, 3.05) is 18.0 Å². The average Bonchev–Trinajstić information content (AvgIpc) is 2.25. The van der Waals surface area contributed by atoms with Gasteiger partial charge in [-0.25, -0.2) is 8.78 Å². The Balaban J connectivity index is 2.26. The van der Waals surface area contributed by atoms with Crippen LogP contribution in [-0.2, 0) is 4.79 Å². The van der Waals surface area contributed by atoms with Crippen LogP contribution in [-0.4, -0.2) is 18.9 Å². The number of rotatable bonds is 1. The second-order valence-electron chi connectivity index (χ2n) is 4.08. The van der Waals surface area contributed by atoms with E-state index in [1.54, 1.807) is 4.90 Å². The van der Waals surface area contributed by atoms with Crippen molar-refractivity contribution in [1.29, 1.82) is 0 Å². The predicted octanol–water partition coefficient (Wildman–Crippen LogP) is 2.44. The molecule has 2 nitrogen and oxygen atoms in total. The Kier molecular flexibility index (Phi) is 2.90. The lowest BCUT2D eigenvalue weighted by Gasteiger charge is -2.28. The highest BCUT2D eigenvalue weighted by Crippen LogP contribution is 2.25. The number of nitrogens with zero attached hydrogens (tertiary/aromatic N) is 1. The molecule has 1 saturated heterocycles. The number of ketones is 1. The van der Waals surface area contributed by atoms with Crippen molar-refractivity contribution < 1.29 is 13.6 Å². The maximum atomic E-state index is 13.6. The summed E-state index contributed by atoms with van der Waals surface area (Å²) < 4.78 is 26.9. The maximum Gasteiger partial charge on any atom is 0.146 e. The Morgan fingerprint density at radius 1 is 1.12 bits per heavy atom. The topological polar surface area (TPSA) is 20.3 Å². The number of hydrogen-bond acceptors (Lipinski definition) is 2. The number of benzene rings is 1. The van der Waals surface area contributed by atoms with Gasteiger partial charge < -0.3 is 4.90 Å². The minimum atomic E-state index is -0.423. The van der Waals surface area contributed by atoms with Gasteiger partial charge in [-0.05, 0) is 18.6 Å². The molecule has 0 amide bonds. The Bertz CT molecular complexity index is 421. The molecular weight excluding hydrogens is 212 g/mol. The number of carbonyl (C=O) groups excluding carboxylic acids is 1. The molecule has 1 fully saturated rings. The number of carbonyl (C=O) groups is 1. The van der Waals surface area contributed by atoms with Gasteiger partial charge >= 0.3 is 0 Å². The van der Waals surface area contributed by atoms with Crippen molar-refractivity contribution in [2.45, 2.75) is 19.8 Å². The van der Waals surface area contributed by atoms with E-state index in [9.17, 15) is 13.6 Å². The Hall–Kier alpha value is -1.45. The first-order chi connectivity index (χ1) is 7.58. The zero-order chi connectivity index (χ0) is 11.7. The third-order valence-electron chi connectivity index (χ3n) is 2.89. The van der Waals surface area contributed by atoms with E-state index in [4.69, 9.17) is 0 Å². The molecule has 4 heteroatoms. The third kappa shape index (κ3) is 2.05. The van der Waals surface area contributed by atoms with Crippen molar-refractivity contribution in [1.82, 2.24) is 0 Å². The number of piperidine rings is 1. The first-order valence-electron chi connectivity index (χ1n) is 5.30. The van der Waals surface area contributed by atoms with E-state index in [0.29, 0.717) is 31.5 Å². The van der Waals surface area contributed by atoms with Gasteiger partial charge in [-0.1, -0.05) is 0 Å². The van der Waals surface area contributed by atoms with Crippen LogP contribution < -0.4 is 4.90 Å². The summed E-state index contributed by atoms with van der Waals surface area (Å²) in [5, 5.41) is 0. The van der Waals surface area contributed by atoms with E-state index in [2.05, 4.69) is 0 Å². The lowest BCUT2D eigenvalue weighted by Crippen LogP contribution is -2.34. The standard InChI is InChI=1S/C12H13F2NO/c1-8-6-11(14)12(7-10(8)13)15-4-2-9(16)3-5-15/h6-7H,2-5H2,1H3. The van der Waals surface area contributed by atoms with E-state index in [1.165, 1.54) is 19.1 Å². The van der Waals surface area contributed by atoms with Gasteiger partial charge in [0.05, 0.1) is 5.69 Å². The highest BCUT2D eigenvalue weighted by molar-refractivity contribution is 5.81. The minimum absolute atomic E-state index is 0.184. The van der Waals surface area contributed by atoms with Gasteiger partial charge in [-0.3, -0.25) is 4.79 Å². The van der Waals surface area contributed by atoms with Crippen LogP contribution in [0.25, 0.3) is 0 Å². The zero-order valence-electron chi connectivity index (χ0n) is 9.09. The number of hydrogen-bond donors (Lipinski definition) is 0. The second-order valence-corrected chi connectivity index (χ2v) is 4.08. The van der Waals surface area contributed by atoms with Gasteiger partial charge in [-0.15, -0.1) is 0 Å². The normalized spacial score (nSPS) is 16.7. The summed E-state index contributed by atoms with van der Waals surface area (Å²) in [7, 11) is 0. The van der Waals surface area contributed by atoms with Crippen LogP contribution in [0.15, 0.2) is 12.1 Å². The van der Waals surface area contributed by atoms with Crippen molar-refractivity contribution in [3.05, 3.63) is 29.3 Å². The summed E-state index contributed by atoms with van der Waals surface area (Å²) in [6, 6.07) is 2.40. The van der Waals surface area contributed by atoms with Crippen LogP contribution in [0, 0.1) is 18.6 Å². The number of halogens is 2. The highest BCUT2D eigenvalue weighted by atomic mass is 19.1. The van der Waals surface area contributed by atoms with Crippen LogP contribution in [0.3, 0.4) is 0 Å². The molecule has 16 heavy (non-hydrogen) atoms. The van der Waals surface area contributed by atoms with Crippen molar-refractivity contribution >= 4 is 11.5 Å². The molecule has 0 N–H and O–H groups in total. The molecule has 0 unspecified atom stereocenters. The van der Waals surface area contributed by atoms with E-state index in [0.717, 1.165) is 0 Å². The van der Waals surface area contributed by atoms with E-state index < -0.39 is 11.6 Å². The predicted molar refractivity (Wildman–Crippen MR) is 57.5 cm³/mol. The third-order valence-corrected chi connectivity index (χ3v) is 2.89. The molecule has 86 valence electrons. The average molecular weight is 225 g/mol. The van der Waals surface area contributed by atoms with E-state index in [-0.39, 0.29) is 11.5 Å². The minimum Gasteiger partial charge on any atom is -0.368 e. The van der Waals surface area contributed by atoms with Gasteiger partial charge in [0.15, 0.2) is 0 Å². The van der Waals surface area contributed by atoms with E-state index in [1.807, 2.05) is 0 Å². The van der Waals surface area contributed by atoms with Crippen LogP contribution in [0.5, 0.6) is 0 Å². The lowest BCUT2D eigenvalue weighted by atomic mass is 10.1. The molecule has 0 atom stereocenters. The fourth-order valence-corrected chi connectivity index (χ4v) is 1.88. The molecule has 0 aliphatic carbocycles. The van der Waals surface area contributed by atoms with Gasteiger partial charge in [0.25, 0.3) is 0 Å². The molecular formula is C12H13F2NO. The van der Waals surface area contributed by atoms with Crippen molar-refractivity contribution in [2.24, 2.45) is 0 Å². The summed E-state index contributed by atoms with van der Waals surface area (Å²) in [6.45, 7) is 2.47. The fourth-order valence-electron chi connectivity index (χ4n) is 1.88. The molecule has 2 rings (SSSR count). The van der Waals surface area contributed by atoms with Crippen LogP contribution >= 0.6 is 0 Å². The molecule has 1 aromatic carbocycles. The molecule has 1 aliphatic rings. The monoisotopic (exact) mass is 225 g/mol. The first-order valence-corrected chi connectivity index (χ1v) is 5.30. The zero-order valence-corrected chi connectivity index (χ0v) is 9.09. The quantitative estimate of drug-likeness (QED) is 0.731. The smallest absolute Gasteiger partial charge is 0.146 e. The van der Waals surface area contributed by atoms with Gasteiger partial charge in [0.1, 0.15) is 17.4 Å². The molecule has 1 aliphatic heterocycles. The summed E-state index contributed by atoms with van der Waals surface area (Å²) in [5.41, 5.74) is 0.560. The van der Waals surface area contributed by atoms with Crippen molar-refractivity contribution in [3.63, 3.8) is 0 Å². The molecule has 0 radical (unpaired) electrons. The molecule has 0 saturated carbocycles. The fraction of sp³-hybridized carbons (Fsp3) is 0.417. The van der Waals surface area contributed by atoms with Crippen molar-refractivity contribution in [3.8, 4) is 0 Å². The second kappa shape index (κ2) is 4.20. The first kappa shape index (κ1) is 11.0. The molecule has 1 heterocycles.